The van der Waals surface area contributed by atoms with Crippen molar-refractivity contribution in [2.75, 3.05) is 20.2 Å². The number of hydrogen-bond acceptors (Lipinski definition) is 5. The molecule has 2 rings (SSSR count). The average Bonchev–Trinajstić information content (AvgIpc) is 3.09. The molecule has 0 aromatic heterocycles. The number of ether oxygens (including phenoxy) is 1. The number of benzene rings is 1. The van der Waals surface area contributed by atoms with E-state index in [1.165, 1.54) is 24.1 Å². The summed E-state index contributed by atoms with van der Waals surface area (Å²) in [6, 6.07) is 7.05. The van der Waals surface area contributed by atoms with E-state index in [2.05, 4.69) is 4.72 Å². The molecule has 0 aliphatic carbocycles. The zero-order valence-electron chi connectivity index (χ0n) is 14.6. The van der Waals surface area contributed by atoms with Gasteiger partial charge in [-0.25, -0.2) is 8.42 Å². The molecule has 1 amide bonds. The first-order valence-electron chi connectivity index (χ1n) is 8.20. The third-order valence-corrected chi connectivity index (χ3v) is 5.76. The van der Waals surface area contributed by atoms with Crippen LogP contribution in [-0.2, 0) is 24.3 Å². The molecule has 0 spiro atoms. The zero-order chi connectivity index (χ0) is 18.6. The summed E-state index contributed by atoms with van der Waals surface area (Å²) in [5.74, 6) is -1.25. The van der Waals surface area contributed by atoms with Crippen LogP contribution in [0.1, 0.15) is 20.3 Å². The van der Waals surface area contributed by atoms with Crippen molar-refractivity contribution in [2.24, 2.45) is 11.8 Å². The van der Waals surface area contributed by atoms with Gasteiger partial charge in [0.05, 0.1) is 17.9 Å². The number of carbonyl (C=O) groups excluding carboxylic acids is 2. The van der Waals surface area contributed by atoms with E-state index in [1.54, 1.807) is 32.0 Å². The van der Waals surface area contributed by atoms with E-state index < -0.39 is 16.1 Å². The van der Waals surface area contributed by atoms with Gasteiger partial charge in [0.2, 0.25) is 15.9 Å². The predicted molar refractivity (Wildman–Crippen MR) is 92.1 cm³/mol. The number of amides is 1. The van der Waals surface area contributed by atoms with Crippen molar-refractivity contribution in [1.29, 1.82) is 0 Å². The van der Waals surface area contributed by atoms with E-state index in [-0.39, 0.29) is 35.2 Å². The number of likely N-dealkylation sites (tertiary alicyclic amines) is 1. The highest BCUT2D eigenvalue weighted by Crippen LogP contribution is 2.21. The average molecular weight is 368 g/mol. The van der Waals surface area contributed by atoms with Gasteiger partial charge >= 0.3 is 5.97 Å². The molecule has 1 saturated heterocycles. The number of rotatable bonds is 6. The quantitative estimate of drug-likeness (QED) is 0.757. The Hall–Kier alpha value is -1.93. The Balaban J connectivity index is 2.13. The van der Waals surface area contributed by atoms with E-state index in [4.69, 9.17) is 4.74 Å². The number of nitrogens with one attached hydrogen (secondary N) is 1. The molecule has 1 aromatic rings. The van der Waals surface area contributed by atoms with Gasteiger partial charge in [-0.1, -0.05) is 32.0 Å². The van der Waals surface area contributed by atoms with E-state index >= 15 is 0 Å². The number of hydrogen-bond donors (Lipinski definition) is 1. The Labute approximate surface area is 148 Å². The van der Waals surface area contributed by atoms with Gasteiger partial charge in [-0.15, -0.1) is 0 Å². The Morgan fingerprint density at radius 1 is 1.24 bits per heavy atom. The molecule has 0 radical (unpaired) electrons. The van der Waals surface area contributed by atoms with Gasteiger partial charge in [-0.05, 0) is 24.5 Å². The molecule has 0 bridgehead atoms. The summed E-state index contributed by atoms with van der Waals surface area (Å²) >= 11 is 0. The highest BCUT2D eigenvalue weighted by Gasteiger charge is 2.37. The smallest absolute Gasteiger partial charge is 0.310 e. The summed E-state index contributed by atoms with van der Waals surface area (Å²) in [5, 5.41) is 0. The second-order valence-electron chi connectivity index (χ2n) is 6.45. The van der Waals surface area contributed by atoms with Crippen LogP contribution in [0.2, 0.25) is 0 Å². The topological polar surface area (TPSA) is 92.8 Å². The Morgan fingerprint density at radius 3 is 2.44 bits per heavy atom. The Morgan fingerprint density at radius 2 is 1.88 bits per heavy atom. The van der Waals surface area contributed by atoms with Gasteiger partial charge in [0.1, 0.15) is 6.04 Å². The highest BCUT2D eigenvalue weighted by molar-refractivity contribution is 7.89. The van der Waals surface area contributed by atoms with Crippen molar-refractivity contribution in [3.8, 4) is 0 Å². The summed E-state index contributed by atoms with van der Waals surface area (Å²) in [5.41, 5.74) is 0. The monoisotopic (exact) mass is 368 g/mol. The molecule has 138 valence electrons. The molecule has 2 unspecified atom stereocenters. The first-order valence-corrected chi connectivity index (χ1v) is 9.68. The maximum Gasteiger partial charge on any atom is 0.310 e. The Kier molecular flexibility index (Phi) is 6.18. The third-order valence-electron chi connectivity index (χ3n) is 4.30. The van der Waals surface area contributed by atoms with Crippen molar-refractivity contribution in [1.82, 2.24) is 9.62 Å². The number of esters is 1. The minimum Gasteiger partial charge on any atom is -0.469 e. The standard InChI is InChI=1S/C17H24N2O5S/c1-12(2)15(18-25(22,23)14-7-5-4-6-8-14)16(20)19-10-9-13(11-19)17(21)24-3/h4-8,12-13,15,18H,9-11H2,1-3H3. The maximum atomic E-state index is 12.8. The molecule has 1 fully saturated rings. The van der Waals surface area contributed by atoms with E-state index in [1.807, 2.05) is 0 Å². The first kappa shape index (κ1) is 19.4. The molecule has 25 heavy (non-hydrogen) atoms. The minimum atomic E-state index is -3.80. The van der Waals surface area contributed by atoms with Crippen LogP contribution in [0, 0.1) is 11.8 Å². The van der Waals surface area contributed by atoms with Gasteiger partial charge < -0.3 is 9.64 Å². The van der Waals surface area contributed by atoms with Gasteiger partial charge in [-0.2, -0.15) is 4.72 Å². The third kappa shape index (κ3) is 4.58. The second-order valence-corrected chi connectivity index (χ2v) is 8.16. The van der Waals surface area contributed by atoms with Gasteiger partial charge in [0.25, 0.3) is 0 Å². The molecule has 1 N–H and O–H groups in total. The van der Waals surface area contributed by atoms with Crippen molar-refractivity contribution in [3.63, 3.8) is 0 Å². The van der Waals surface area contributed by atoms with Gasteiger partial charge in [0.15, 0.2) is 0 Å². The summed E-state index contributed by atoms with van der Waals surface area (Å²) in [6.45, 7) is 4.23. The van der Waals surface area contributed by atoms with Gasteiger partial charge in [-0.3, -0.25) is 9.59 Å². The Bertz CT molecular complexity index is 718. The van der Waals surface area contributed by atoms with Crippen LogP contribution in [0.3, 0.4) is 0 Å². The lowest BCUT2D eigenvalue weighted by molar-refractivity contribution is -0.145. The number of nitrogens with zero attached hydrogens (tertiary/aromatic N) is 1. The van der Waals surface area contributed by atoms with Crippen LogP contribution < -0.4 is 4.72 Å². The van der Waals surface area contributed by atoms with Gasteiger partial charge in [0, 0.05) is 13.1 Å². The second kappa shape index (κ2) is 7.97. The molecule has 1 heterocycles. The highest BCUT2D eigenvalue weighted by atomic mass is 32.2. The van der Waals surface area contributed by atoms with E-state index in [0.717, 1.165) is 0 Å². The largest absolute Gasteiger partial charge is 0.469 e. The van der Waals surface area contributed by atoms with Crippen LogP contribution in [-0.4, -0.2) is 51.4 Å². The number of sulfonamides is 1. The SMILES string of the molecule is COC(=O)C1CCN(C(=O)C(NS(=O)(=O)c2ccccc2)C(C)C)C1. The molecule has 7 nitrogen and oxygen atoms in total. The molecule has 8 heteroatoms. The van der Waals surface area contributed by atoms with Crippen LogP contribution in [0.15, 0.2) is 35.2 Å². The van der Waals surface area contributed by atoms with Crippen LogP contribution in [0.25, 0.3) is 0 Å². The van der Waals surface area contributed by atoms with Crippen LogP contribution >= 0.6 is 0 Å². The fourth-order valence-corrected chi connectivity index (χ4v) is 4.18. The maximum absolute atomic E-state index is 12.8. The summed E-state index contributed by atoms with van der Waals surface area (Å²) < 4.78 is 32.3. The molecule has 1 aliphatic heterocycles. The molecule has 0 saturated carbocycles. The summed E-state index contributed by atoms with van der Waals surface area (Å²) in [7, 11) is -2.49. The lowest BCUT2D eigenvalue weighted by atomic mass is 10.0. The van der Waals surface area contributed by atoms with E-state index in [0.29, 0.717) is 13.0 Å². The summed E-state index contributed by atoms with van der Waals surface area (Å²) in [6.07, 6.45) is 0.522. The van der Waals surface area contributed by atoms with Crippen molar-refractivity contribution >= 4 is 21.9 Å². The van der Waals surface area contributed by atoms with Crippen LogP contribution in [0.4, 0.5) is 0 Å². The fourth-order valence-electron chi connectivity index (χ4n) is 2.82. The van der Waals surface area contributed by atoms with Crippen molar-refractivity contribution < 1.29 is 22.7 Å². The molecular weight excluding hydrogens is 344 g/mol. The fraction of sp³-hybridized carbons (Fsp3) is 0.529. The predicted octanol–water partition coefficient (Wildman–Crippen LogP) is 1.01. The molecule has 1 aliphatic rings. The zero-order valence-corrected chi connectivity index (χ0v) is 15.5. The van der Waals surface area contributed by atoms with Crippen molar-refractivity contribution in [3.05, 3.63) is 30.3 Å². The van der Waals surface area contributed by atoms with Crippen LogP contribution in [0.5, 0.6) is 0 Å². The van der Waals surface area contributed by atoms with Crippen molar-refractivity contribution in [2.45, 2.75) is 31.2 Å². The molecule has 1 aromatic carbocycles. The molecule has 2 atom stereocenters. The minimum absolute atomic E-state index is 0.113. The normalized spacial score (nSPS) is 19.0. The first-order chi connectivity index (χ1) is 11.8. The number of carbonyl (C=O) groups is 2. The lowest BCUT2D eigenvalue weighted by Gasteiger charge is -2.26. The lowest BCUT2D eigenvalue weighted by Crippen LogP contribution is -2.50. The van der Waals surface area contributed by atoms with E-state index in [9.17, 15) is 18.0 Å². The molecular formula is C17H24N2O5S. The number of methoxy groups -OCH3 is 1. The summed E-state index contributed by atoms with van der Waals surface area (Å²) in [4.78, 5) is 26.1.